The van der Waals surface area contributed by atoms with Crippen molar-refractivity contribution < 1.29 is 9.53 Å². The first kappa shape index (κ1) is 12.6. The quantitative estimate of drug-likeness (QED) is 0.758. The number of rotatable bonds is 5. The summed E-state index contributed by atoms with van der Waals surface area (Å²) in [6.45, 7) is 3.68. The first-order valence-electron chi connectivity index (χ1n) is 5.21. The van der Waals surface area contributed by atoms with Crippen LogP contribution in [0.2, 0.25) is 0 Å². The van der Waals surface area contributed by atoms with E-state index in [1.54, 1.807) is 6.92 Å². The van der Waals surface area contributed by atoms with Crippen molar-refractivity contribution in [1.82, 2.24) is 9.97 Å². The van der Waals surface area contributed by atoms with Gasteiger partial charge in [-0.25, -0.2) is 9.97 Å². The summed E-state index contributed by atoms with van der Waals surface area (Å²) in [6.07, 6.45) is 4.37. The number of Topliss-reactive ketones (excluding diaryl/α,β-unsaturated/α-hetero) is 1. The van der Waals surface area contributed by atoms with Crippen molar-refractivity contribution in [2.24, 2.45) is 5.73 Å². The lowest BCUT2D eigenvalue weighted by Crippen LogP contribution is -2.45. The molecule has 0 saturated carbocycles. The summed E-state index contributed by atoms with van der Waals surface area (Å²) in [6, 6.07) is 0. The minimum absolute atomic E-state index is 0.198. The Morgan fingerprint density at radius 1 is 1.50 bits per heavy atom. The molecule has 1 aromatic heterocycles. The highest BCUT2D eigenvalue weighted by molar-refractivity contribution is 6.02. The van der Waals surface area contributed by atoms with E-state index in [0.29, 0.717) is 6.42 Å². The first-order chi connectivity index (χ1) is 7.53. The monoisotopic (exact) mass is 223 g/mol. The fraction of sp³-hybridized carbons (Fsp3) is 0.545. The average molecular weight is 223 g/mol. The van der Waals surface area contributed by atoms with Gasteiger partial charge in [-0.15, -0.1) is 0 Å². The standard InChI is InChI=1S/C11H17N3O2/c1-4-5-11(2,12)9(15)8-10(16-3)14-7-6-13-8/h6-7H,4-5,12H2,1-3H3. The molecule has 5 heteroatoms. The van der Waals surface area contributed by atoms with Gasteiger partial charge in [-0.1, -0.05) is 13.3 Å². The van der Waals surface area contributed by atoms with Crippen molar-refractivity contribution in [1.29, 1.82) is 0 Å². The van der Waals surface area contributed by atoms with Gasteiger partial charge in [-0.05, 0) is 13.3 Å². The maximum atomic E-state index is 12.1. The predicted molar refractivity (Wildman–Crippen MR) is 60.4 cm³/mol. The molecule has 0 aromatic carbocycles. The van der Waals surface area contributed by atoms with Gasteiger partial charge in [0, 0.05) is 12.4 Å². The highest BCUT2D eigenvalue weighted by Crippen LogP contribution is 2.20. The zero-order valence-corrected chi connectivity index (χ0v) is 9.86. The summed E-state index contributed by atoms with van der Waals surface area (Å²) in [5.74, 6) is -0.0143. The number of carbonyl (C=O) groups is 1. The summed E-state index contributed by atoms with van der Waals surface area (Å²) in [7, 11) is 1.45. The number of hydrogen-bond acceptors (Lipinski definition) is 5. The molecule has 0 amide bonds. The molecule has 0 fully saturated rings. The third kappa shape index (κ3) is 2.55. The van der Waals surface area contributed by atoms with Gasteiger partial charge in [-0.2, -0.15) is 0 Å². The number of nitrogens with two attached hydrogens (primary N) is 1. The summed E-state index contributed by atoms with van der Waals surface area (Å²) in [5.41, 5.74) is 5.23. The van der Waals surface area contributed by atoms with E-state index in [1.807, 2.05) is 6.92 Å². The normalized spacial score (nSPS) is 14.2. The zero-order chi connectivity index (χ0) is 12.2. The van der Waals surface area contributed by atoms with Crippen molar-refractivity contribution >= 4 is 5.78 Å². The number of ketones is 1. The third-order valence-electron chi connectivity index (χ3n) is 2.36. The maximum absolute atomic E-state index is 12.1. The number of hydrogen-bond donors (Lipinski definition) is 1. The van der Waals surface area contributed by atoms with Gasteiger partial charge >= 0.3 is 0 Å². The predicted octanol–water partition coefficient (Wildman–Crippen LogP) is 1.19. The van der Waals surface area contributed by atoms with E-state index in [0.717, 1.165) is 6.42 Å². The van der Waals surface area contributed by atoms with E-state index >= 15 is 0 Å². The van der Waals surface area contributed by atoms with Crippen LogP contribution in [0.3, 0.4) is 0 Å². The molecule has 16 heavy (non-hydrogen) atoms. The lowest BCUT2D eigenvalue weighted by Gasteiger charge is -2.22. The fourth-order valence-corrected chi connectivity index (χ4v) is 1.53. The number of methoxy groups -OCH3 is 1. The van der Waals surface area contributed by atoms with Gasteiger partial charge in [-0.3, -0.25) is 4.79 Å². The lowest BCUT2D eigenvalue weighted by atomic mass is 9.90. The number of nitrogens with zero attached hydrogens (tertiary/aromatic N) is 2. The minimum atomic E-state index is -0.919. The van der Waals surface area contributed by atoms with Crippen molar-refractivity contribution in [2.45, 2.75) is 32.2 Å². The molecule has 0 saturated heterocycles. The van der Waals surface area contributed by atoms with Gasteiger partial charge in [0.1, 0.15) is 0 Å². The van der Waals surface area contributed by atoms with Crippen LogP contribution in [-0.4, -0.2) is 28.4 Å². The Balaban J connectivity index is 3.04. The van der Waals surface area contributed by atoms with Crippen LogP contribution in [0.4, 0.5) is 0 Å². The number of carbonyl (C=O) groups excluding carboxylic acids is 1. The molecule has 1 heterocycles. The Hall–Kier alpha value is -1.49. The van der Waals surface area contributed by atoms with Crippen LogP contribution < -0.4 is 10.5 Å². The van der Waals surface area contributed by atoms with Crippen LogP contribution in [0.5, 0.6) is 5.88 Å². The number of ether oxygens (including phenoxy) is 1. The number of aromatic nitrogens is 2. The van der Waals surface area contributed by atoms with E-state index in [1.165, 1.54) is 19.5 Å². The van der Waals surface area contributed by atoms with Crippen LogP contribution in [0.15, 0.2) is 12.4 Å². The topological polar surface area (TPSA) is 78.1 Å². The molecule has 1 rings (SSSR count). The van der Waals surface area contributed by atoms with Crippen LogP contribution >= 0.6 is 0 Å². The first-order valence-corrected chi connectivity index (χ1v) is 5.21. The highest BCUT2D eigenvalue weighted by Gasteiger charge is 2.31. The second kappa shape index (κ2) is 5.03. The lowest BCUT2D eigenvalue weighted by molar-refractivity contribution is 0.0883. The minimum Gasteiger partial charge on any atom is -0.479 e. The van der Waals surface area contributed by atoms with E-state index in [-0.39, 0.29) is 17.4 Å². The smallest absolute Gasteiger partial charge is 0.243 e. The van der Waals surface area contributed by atoms with Crippen LogP contribution in [0, 0.1) is 0 Å². The largest absolute Gasteiger partial charge is 0.479 e. The average Bonchev–Trinajstić information content (AvgIpc) is 2.28. The van der Waals surface area contributed by atoms with E-state index in [2.05, 4.69) is 9.97 Å². The molecule has 0 radical (unpaired) electrons. The molecule has 0 aliphatic carbocycles. The SMILES string of the molecule is CCCC(C)(N)C(=O)c1nccnc1OC. The molecule has 5 nitrogen and oxygen atoms in total. The van der Waals surface area contributed by atoms with Gasteiger partial charge in [0.25, 0.3) is 0 Å². The second-order valence-corrected chi connectivity index (χ2v) is 3.91. The third-order valence-corrected chi connectivity index (χ3v) is 2.36. The maximum Gasteiger partial charge on any atom is 0.243 e. The summed E-state index contributed by atoms with van der Waals surface area (Å²) in [4.78, 5) is 20.0. The molecule has 0 spiro atoms. The second-order valence-electron chi connectivity index (χ2n) is 3.91. The van der Waals surface area contributed by atoms with Crippen LogP contribution in [0.25, 0.3) is 0 Å². The molecule has 2 N–H and O–H groups in total. The summed E-state index contributed by atoms with van der Waals surface area (Å²) >= 11 is 0. The van der Waals surface area contributed by atoms with Gasteiger partial charge in [0.2, 0.25) is 11.7 Å². The van der Waals surface area contributed by atoms with Crippen LogP contribution in [0.1, 0.15) is 37.2 Å². The Morgan fingerprint density at radius 2 is 2.12 bits per heavy atom. The van der Waals surface area contributed by atoms with Gasteiger partial charge in [0.15, 0.2) is 5.69 Å². The van der Waals surface area contributed by atoms with E-state index < -0.39 is 5.54 Å². The van der Waals surface area contributed by atoms with Crippen molar-refractivity contribution in [3.8, 4) is 5.88 Å². The molecule has 1 unspecified atom stereocenters. The molecule has 0 aliphatic rings. The molecule has 0 aliphatic heterocycles. The molecule has 1 atom stereocenters. The molecule has 0 bridgehead atoms. The van der Waals surface area contributed by atoms with Gasteiger partial charge < -0.3 is 10.5 Å². The zero-order valence-electron chi connectivity index (χ0n) is 9.86. The Bertz CT molecular complexity index is 377. The van der Waals surface area contributed by atoms with E-state index in [4.69, 9.17) is 10.5 Å². The van der Waals surface area contributed by atoms with Crippen molar-refractivity contribution in [2.75, 3.05) is 7.11 Å². The molecular weight excluding hydrogens is 206 g/mol. The van der Waals surface area contributed by atoms with Crippen molar-refractivity contribution in [3.63, 3.8) is 0 Å². The Morgan fingerprint density at radius 3 is 2.69 bits per heavy atom. The van der Waals surface area contributed by atoms with Crippen LogP contribution in [-0.2, 0) is 0 Å². The highest BCUT2D eigenvalue weighted by atomic mass is 16.5. The van der Waals surface area contributed by atoms with E-state index in [9.17, 15) is 4.79 Å². The van der Waals surface area contributed by atoms with Crippen molar-refractivity contribution in [3.05, 3.63) is 18.1 Å². The summed E-state index contributed by atoms with van der Waals surface area (Å²) in [5, 5.41) is 0. The molecule has 88 valence electrons. The molecular formula is C11H17N3O2. The Labute approximate surface area is 95.0 Å². The fourth-order valence-electron chi connectivity index (χ4n) is 1.53. The van der Waals surface area contributed by atoms with Gasteiger partial charge in [0.05, 0.1) is 12.6 Å². The summed E-state index contributed by atoms with van der Waals surface area (Å²) < 4.78 is 4.99. The molecule has 1 aromatic rings. The Kier molecular flexibility index (Phi) is 3.95.